The SMILES string of the molecule is CC(COCCOCCOC(=O)CN)OCC(C)OC(=O)OCc1ccccc1. The quantitative estimate of drug-likeness (QED) is 0.338. The van der Waals surface area contributed by atoms with Crippen molar-refractivity contribution in [1.29, 1.82) is 0 Å². The van der Waals surface area contributed by atoms with Crippen molar-refractivity contribution in [3.63, 3.8) is 0 Å². The zero-order chi connectivity index (χ0) is 21.3. The molecule has 0 fully saturated rings. The molecule has 0 aliphatic rings. The summed E-state index contributed by atoms with van der Waals surface area (Å²) in [6.45, 7) is 5.42. The van der Waals surface area contributed by atoms with Crippen LogP contribution in [0, 0.1) is 0 Å². The maximum atomic E-state index is 11.7. The molecule has 2 atom stereocenters. The van der Waals surface area contributed by atoms with Crippen molar-refractivity contribution >= 4 is 12.1 Å². The second kappa shape index (κ2) is 15.7. The van der Waals surface area contributed by atoms with Crippen LogP contribution in [0.3, 0.4) is 0 Å². The van der Waals surface area contributed by atoms with Gasteiger partial charge in [0.25, 0.3) is 0 Å². The van der Waals surface area contributed by atoms with E-state index in [9.17, 15) is 9.59 Å². The number of esters is 1. The Morgan fingerprint density at radius 2 is 1.59 bits per heavy atom. The van der Waals surface area contributed by atoms with E-state index in [4.69, 9.17) is 34.2 Å². The monoisotopic (exact) mass is 413 g/mol. The minimum Gasteiger partial charge on any atom is -0.462 e. The Morgan fingerprint density at radius 1 is 0.897 bits per heavy atom. The summed E-state index contributed by atoms with van der Waals surface area (Å²) in [7, 11) is 0. The molecule has 9 nitrogen and oxygen atoms in total. The van der Waals surface area contributed by atoms with E-state index in [1.807, 2.05) is 37.3 Å². The summed E-state index contributed by atoms with van der Waals surface area (Å²) in [5.41, 5.74) is 5.99. The van der Waals surface area contributed by atoms with Crippen molar-refractivity contribution < 1.29 is 38.0 Å². The van der Waals surface area contributed by atoms with Crippen molar-refractivity contribution in [3.05, 3.63) is 35.9 Å². The summed E-state index contributed by atoms with van der Waals surface area (Å²) in [5.74, 6) is -0.460. The van der Waals surface area contributed by atoms with Gasteiger partial charge in [-0.15, -0.1) is 0 Å². The molecule has 1 aromatic carbocycles. The Kier molecular flexibility index (Phi) is 13.4. The summed E-state index contributed by atoms with van der Waals surface area (Å²) < 4.78 is 31.2. The van der Waals surface area contributed by atoms with Crippen LogP contribution < -0.4 is 5.73 Å². The largest absolute Gasteiger partial charge is 0.508 e. The Bertz CT molecular complexity index is 569. The fourth-order valence-corrected chi connectivity index (χ4v) is 2.04. The lowest BCUT2D eigenvalue weighted by Crippen LogP contribution is -2.26. The summed E-state index contributed by atoms with van der Waals surface area (Å²) in [6.07, 6.45) is -1.35. The molecule has 1 aromatic rings. The van der Waals surface area contributed by atoms with Crippen LogP contribution >= 0.6 is 0 Å². The number of hydrogen-bond acceptors (Lipinski definition) is 9. The smallest absolute Gasteiger partial charge is 0.462 e. The Hall–Kier alpha value is -2.20. The fourth-order valence-electron chi connectivity index (χ4n) is 2.04. The van der Waals surface area contributed by atoms with Gasteiger partial charge < -0.3 is 34.2 Å². The highest BCUT2D eigenvalue weighted by Crippen LogP contribution is 2.04. The number of hydrogen-bond donors (Lipinski definition) is 1. The van der Waals surface area contributed by atoms with Crippen LogP contribution in [0.4, 0.5) is 4.79 Å². The maximum Gasteiger partial charge on any atom is 0.508 e. The van der Waals surface area contributed by atoms with Crippen molar-refractivity contribution in [2.75, 3.05) is 46.2 Å². The van der Waals surface area contributed by atoms with Gasteiger partial charge in [0, 0.05) is 0 Å². The molecule has 0 aromatic heterocycles. The average molecular weight is 413 g/mol. The predicted octanol–water partition coefficient (Wildman–Crippen LogP) is 1.67. The molecule has 29 heavy (non-hydrogen) atoms. The number of benzene rings is 1. The second-order valence-electron chi connectivity index (χ2n) is 6.21. The molecule has 0 aliphatic carbocycles. The zero-order valence-electron chi connectivity index (χ0n) is 17.0. The van der Waals surface area contributed by atoms with Crippen LogP contribution in [0.1, 0.15) is 19.4 Å². The molecular weight excluding hydrogens is 382 g/mol. The first-order valence-corrected chi connectivity index (χ1v) is 9.51. The normalized spacial score (nSPS) is 12.8. The Balaban J connectivity index is 1.98. The maximum absolute atomic E-state index is 11.7. The topological polar surface area (TPSA) is 116 Å². The minimum atomic E-state index is -0.733. The molecule has 0 bridgehead atoms. The molecule has 0 heterocycles. The van der Waals surface area contributed by atoms with Crippen LogP contribution in [-0.2, 0) is 39.8 Å². The van der Waals surface area contributed by atoms with Crippen LogP contribution in [0.2, 0.25) is 0 Å². The molecule has 0 spiro atoms. The highest BCUT2D eigenvalue weighted by atomic mass is 16.7. The van der Waals surface area contributed by atoms with E-state index in [1.165, 1.54) is 0 Å². The molecule has 0 radical (unpaired) electrons. The van der Waals surface area contributed by atoms with Crippen molar-refractivity contribution in [2.45, 2.75) is 32.7 Å². The molecule has 164 valence electrons. The molecule has 0 saturated heterocycles. The van der Waals surface area contributed by atoms with Gasteiger partial charge in [-0.25, -0.2) is 4.79 Å². The first-order chi connectivity index (χ1) is 14.0. The number of carbonyl (C=O) groups is 2. The molecule has 2 unspecified atom stereocenters. The third-order valence-corrected chi connectivity index (χ3v) is 3.49. The average Bonchev–Trinajstić information content (AvgIpc) is 2.73. The van der Waals surface area contributed by atoms with E-state index < -0.39 is 18.2 Å². The molecular formula is C20H31NO8. The van der Waals surface area contributed by atoms with Gasteiger partial charge in [-0.05, 0) is 19.4 Å². The van der Waals surface area contributed by atoms with Gasteiger partial charge in [0.05, 0.1) is 45.7 Å². The number of carbonyl (C=O) groups excluding carboxylic acids is 2. The van der Waals surface area contributed by atoms with Gasteiger partial charge in [0.2, 0.25) is 0 Å². The second-order valence-corrected chi connectivity index (χ2v) is 6.21. The van der Waals surface area contributed by atoms with Gasteiger partial charge >= 0.3 is 12.1 Å². The van der Waals surface area contributed by atoms with E-state index in [0.29, 0.717) is 19.8 Å². The van der Waals surface area contributed by atoms with Gasteiger partial charge in [-0.2, -0.15) is 0 Å². The third kappa shape index (κ3) is 13.6. The highest BCUT2D eigenvalue weighted by molar-refractivity contribution is 5.71. The van der Waals surface area contributed by atoms with Crippen LogP contribution in [0.15, 0.2) is 30.3 Å². The molecule has 1 rings (SSSR count). The van der Waals surface area contributed by atoms with Gasteiger partial charge in [-0.1, -0.05) is 30.3 Å². The zero-order valence-corrected chi connectivity index (χ0v) is 17.0. The van der Waals surface area contributed by atoms with E-state index >= 15 is 0 Å². The van der Waals surface area contributed by atoms with Crippen LogP contribution in [0.5, 0.6) is 0 Å². The number of ether oxygens (including phenoxy) is 6. The molecule has 0 aliphatic heterocycles. The standard InChI is InChI=1S/C20H31NO8/c1-16(13-25-9-8-24-10-11-26-19(22)12-21)27-14-17(2)29-20(23)28-15-18-6-4-3-5-7-18/h3-7,16-17H,8-15,21H2,1-2H3. The lowest BCUT2D eigenvalue weighted by Gasteiger charge is -2.17. The lowest BCUT2D eigenvalue weighted by molar-refractivity contribution is -0.143. The van der Waals surface area contributed by atoms with Crippen molar-refractivity contribution in [1.82, 2.24) is 0 Å². The Labute approximate surface area is 171 Å². The molecule has 9 heteroatoms. The first-order valence-electron chi connectivity index (χ1n) is 9.51. The van der Waals surface area contributed by atoms with E-state index in [1.54, 1.807) is 6.92 Å². The third-order valence-electron chi connectivity index (χ3n) is 3.49. The summed E-state index contributed by atoms with van der Waals surface area (Å²) in [4.78, 5) is 22.5. The van der Waals surface area contributed by atoms with Gasteiger partial charge in [0.1, 0.15) is 19.3 Å². The molecule has 2 N–H and O–H groups in total. The van der Waals surface area contributed by atoms with Crippen LogP contribution in [0.25, 0.3) is 0 Å². The highest BCUT2D eigenvalue weighted by Gasteiger charge is 2.13. The molecule has 0 saturated carbocycles. The number of rotatable bonds is 15. The van der Waals surface area contributed by atoms with E-state index in [-0.39, 0.29) is 39.1 Å². The minimum absolute atomic E-state index is 0.139. The van der Waals surface area contributed by atoms with E-state index in [0.717, 1.165) is 5.56 Å². The van der Waals surface area contributed by atoms with Crippen molar-refractivity contribution in [2.24, 2.45) is 5.73 Å². The molecule has 0 amide bonds. The van der Waals surface area contributed by atoms with Gasteiger partial charge in [-0.3, -0.25) is 4.79 Å². The lowest BCUT2D eigenvalue weighted by atomic mass is 10.2. The Morgan fingerprint density at radius 3 is 2.31 bits per heavy atom. The van der Waals surface area contributed by atoms with Crippen LogP contribution in [-0.4, -0.2) is 70.5 Å². The fraction of sp³-hybridized carbons (Fsp3) is 0.600. The summed E-state index contributed by atoms with van der Waals surface area (Å²) in [5, 5.41) is 0. The van der Waals surface area contributed by atoms with Gasteiger partial charge in [0.15, 0.2) is 0 Å². The van der Waals surface area contributed by atoms with E-state index in [2.05, 4.69) is 0 Å². The number of nitrogens with two attached hydrogens (primary N) is 1. The predicted molar refractivity (Wildman–Crippen MR) is 104 cm³/mol. The first kappa shape index (κ1) is 24.8. The summed E-state index contributed by atoms with van der Waals surface area (Å²) >= 11 is 0. The summed E-state index contributed by atoms with van der Waals surface area (Å²) in [6, 6.07) is 9.36. The van der Waals surface area contributed by atoms with Crippen molar-refractivity contribution in [3.8, 4) is 0 Å².